The average Bonchev–Trinajstić information content (AvgIpc) is 3.29. The molecule has 2 saturated carbocycles. The number of aryl methyl sites for hydroxylation is 1. The van der Waals surface area contributed by atoms with Gasteiger partial charge in [0.25, 0.3) is 0 Å². The van der Waals surface area contributed by atoms with Crippen molar-refractivity contribution in [3.63, 3.8) is 0 Å². The summed E-state index contributed by atoms with van der Waals surface area (Å²) in [5, 5.41) is 21.2. The molecule has 2 N–H and O–H groups in total. The predicted molar refractivity (Wildman–Crippen MR) is 172 cm³/mol. The molecular weight excluding hydrogens is 537 g/mol. The van der Waals surface area contributed by atoms with E-state index in [0.29, 0.717) is 24.7 Å². The quantitative estimate of drug-likeness (QED) is 0.217. The molecule has 0 aliphatic heterocycles. The van der Waals surface area contributed by atoms with Crippen molar-refractivity contribution < 1.29 is 19.4 Å². The van der Waals surface area contributed by atoms with Crippen LogP contribution in [0.2, 0.25) is 0 Å². The zero-order chi connectivity index (χ0) is 30.4. The number of alkyl halides is 1. The molecule has 1 amide bonds. The maximum Gasteiger partial charge on any atom is 0.222 e. The van der Waals surface area contributed by atoms with Crippen molar-refractivity contribution in [2.24, 2.45) is 23.2 Å². The molecule has 5 heteroatoms. The summed E-state index contributed by atoms with van der Waals surface area (Å²) in [5.74, 6) is 1.25. The molecular formula is C38H54FNO3. The number of carbonyl (C=O) groups is 1. The normalized spacial score (nSPS) is 29.5. The van der Waals surface area contributed by atoms with Crippen molar-refractivity contribution in [2.75, 3.05) is 13.1 Å². The summed E-state index contributed by atoms with van der Waals surface area (Å²) >= 11 is 0. The number of aliphatic hydroxyl groups is 1. The Morgan fingerprint density at radius 1 is 1.00 bits per heavy atom. The summed E-state index contributed by atoms with van der Waals surface area (Å²) in [4.78, 5) is 15.4. The summed E-state index contributed by atoms with van der Waals surface area (Å²) in [6.07, 6.45) is 11.6. The van der Waals surface area contributed by atoms with Crippen molar-refractivity contribution in [1.82, 2.24) is 4.90 Å². The number of hydrogen-bond acceptors (Lipinski definition) is 3. The molecule has 2 aromatic rings. The van der Waals surface area contributed by atoms with Gasteiger partial charge in [0.05, 0.1) is 6.10 Å². The fraction of sp³-hybridized carbons (Fsp3) is 0.658. The maximum absolute atomic E-state index is 16.1. The van der Waals surface area contributed by atoms with E-state index in [1.165, 1.54) is 18.4 Å². The van der Waals surface area contributed by atoms with Crippen LogP contribution in [-0.4, -0.2) is 46.4 Å². The molecule has 0 aromatic heterocycles. The molecule has 2 fully saturated rings. The number of nitrogens with zero attached hydrogens (tertiary/aromatic N) is 1. The van der Waals surface area contributed by atoms with Crippen LogP contribution in [0.25, 0.3) is 0 Å². The lowest BCUT2D eigenvalue weighted by Gasteiger charge is -2.54. The van der Waals surface area contributed by atoms with E-state index in [0.717, 1.165) is 88.4 Å². The number of amides is 1. The highest BCUT2D eigenvalue weighted by Crippen LogP contribution is 2.63. The second-order valence-corrected chi connectivity index (χ2v) is 14.2. The van der Waals surface area contributed by atoms with Crippen molar-refractivity contribution in [3.05, 3.63) is 65.2 Å². The van der Waals surface area contributed by atoms with Gasteiger partial charge in [0, 0.05) is 25.4 Å². The Balaban J connectivity index is 1.22. The van der Waals surface area contributed by atoms with Crippen LogP contribution in [-0.2, 0) is 17.6 Å². The predicted octanol–water partition coefficient (Wildman–Crippen LogP) is 8.39. The Hall–Kier alpha value is -2.40. The molecule has 0 saturated heterocycles. The van der Waals surface area contributed by atoms with Gasteiger partial charge in [-0.3, -0.25) is 4.79 Å². The Morgan fingerprint density at radius 2 is 1.77 bits per heavy atom. The second-order valence-electron chi connectivity index (χ2n) is 14.2. The number of carbonyl (C=O) groups excluding carboxylic acids is 1. The van der Waals surface area contributed by atoms with Crippen LogP contribution in [0.1, 0.15) is 114 Å². The van der Waals surface area contributed by atoms with Gasteiger partial charge >= 0.3 is 0 Å². The zero-order valence-electron chi connectivity index (χ0n) is 26.5. The van der Waals surface area contributed by atoms with Gasteiger partial charge < -0.3 is 15.1 Å². The molecule has 7 atom stereocenters. The van der Waals surface area contributed by atoms with Crippen molar-refractivity contribution in [1.29, 1.82) is 0 Å². The maximum atomic E-state index is 16.1. The van der Waals surface area contributed by atoms with Gasteiger partial charge in [0.15, 0.2) is 0 Å². The van der Waals surface area contributed by atoms with Crippen LogP contribution in [0.3, 0.4) is 0 Å². The molecule has 0 spiro atoms. The highest BCUT2D eigenvalue weighted by molar-refractivity contribution is 5.76. The monoisotopic (exact) mass is 591 g/mol. The molecule has 3 aliphatic rings. The van der Waals surface area contributed by atoms with Gasteiger partial charge in [0.1, 0.15) is 11.9 Å². The number of fused-ring (bicyclic) bond motifs is 5. The lowest BCUT2D eigenvalue weighted by Crippen LogP contribution is -2.51. The minimum Gasteiger partial charge on any atom is -0.508 e. The second kappa shape index (κ2) is 14.6. The minimum atomic E-state index is -0.975. The summed E-state index contributed by atoms with van der Waals surface area (Å²) < 4.78 is 16.1. The smallest absolute Gasteiger partial charge is 0.222 e. The van der Waals surface area contributed by atoms with E-state index in [4.69, 9.17) is 0 Å². The van der Waals surface area contributed by atoms with Gasteiger partial charge in [0.2, 0.25) is 5.91 Å². The molecule has 3 aliphatic carbocycles. The topological polar surface area (TPSA) is 60.8 Å². The van der Waals surface area contributed by atoms with Gasteiger partial charge in [-0.05, 0) is 110 Å². The van der Waals surface area contributed by atoms with Crippen LogP contribution >= 0.6 is 0 Å². The summed E-state index contributed by atoms with van der Waals surface area (Å²) in [6.45, 7) is 5.97. The van der Waals surface area contributed by atoms with Crippen molar-refractivity contribution >= 4 is 5.91 Å². The first-order valence-corrected chi connectivity index (χ1v) is 17.3. The highest BCUT2D eigenvalue weighted by atomic mass is 19.1. The third-order valence-electron chi connectivity index (χ3n) is 11.4. The molecule has 0 radical (unpaired) electrons. The molecule has 0 heterocycles. The Kier molecular flexibility index (Phi) is 10.9. The highest BCUT2D eigenvalue weighted by Gasteiger charge is 2.59. The number of rotatable bonds is 14. The first-order valence-electron chi connectivity index (χ1n) is 17.3. The van der Waals surface area contributed by atoms with Gasteiger partial charge in [-0.25, -0.2) is 4.39 Å². The van der Waals surface area contributed by atoms with Gasteiger partial charge in [-0.2, -0.15) is 0 Å². The molecule has 0 unspecified atom stereocenters. The lowest BCUT2D eigenvalue weighted by molar-refractivity contribution is -0.131. The number of aliphatic hydroxyl groups excluding tert-OH is 1. The lowest BCUT2D eigenvalue weighted by atomic mass is 9.51. The summed E-state index contributed by atoms with van der Waals surface area (Å²) in [5.41, 5.74) is 3.11. The number of phenolic OH excluding ortho intramolecular Hbond substituents is 1. The van der Waals surface area contributed by atoms with Crippen molar-refractivity contribution in [3.8, 4) is 5.75 Å². The van der Waals surface area contributed by atoms with Crippen LogP contribution in [0.4, 0.5) is 4.39 Å². The van der Waals surface area contributed by atoms with E-state index in [9.17, 15) is 15.0 Å². The molecule has 4 nitrogen and oxygen atoms in total. The van der Waals surface area contributed by atoms with Crippen LogP contribution in [0.5, 0.6) is 5.75 Å². The largest absolute Gasteiger partial charge is 0.508 e. The summed E-state index contributed by atoms with van der Waals surface area (Å²) in [7, 11) is 0. The van der Waals surface area contributed by atoms with Gasteiger partial charge in [-0.1, -0.05) is 75.9 Å². The first kappa shape index (κ1) is 32.0. The first-order chi connectivity index (χ1) is 20.8. The SMILES string of the molecule is CCCCCCN(CCCC[C@@H]1Cc2cc(O)ccc2[C@@H]2[C@@H]1[C@@H]1CC[C@H](O)[C@@]1(C)C[C@@H]2F)C(=O)CCCc1ccccc1. The number of benzene rings is 2. The number of halogens is 1. The number of unbranched alkanes of at least 4 members (excludes halogenated alkanes) is 4. The van der Waals surface area contributed by atoms with E-state index in [2.05, 4.69) is 43.0 Å². The van der Waals surface area contributed by atoms with Crippen molar-refractivity contribution in [2.45, 2.75) is 122 Å². The number of hydrogen-bond donors (Lipinski definition) is 2. The van der Waals surface area contributed by atoms with E-state index in [1.54, 1.807) is 6.07 Å². The standard InChI is InChI=1S/C38H54FNO3/c1-3-4-5-10-22-40(35(43)17-12-15-27-13-7-6-8-14-27)23-11-9-16-28-24-29-25-30(41)18-19-31(29)37-33(39)26-38(2)32(36(28)37)20-21-34(38)42/h6-8,13-14,18-19,25,28,32-34,36-37,41-42H,3-5,9-12,15-17,20-24,26H2,1-2H3/t28-,32+,33+,34+,36+,37+,38+/m1/s1. The zero-order valence-corrected chi connectivity index (χ0v) is 26.5. The van der Waals surface area contributed by atoms with Crippen LogP contribution < -0.4 is 0 Å². The van der Waals surface area contributed by atoms with E-state index in [1.807, 2.05) is 18.2 Å². The Morgan fingerprint density at radius 3 is 2.53 bits per heavy atom. The number of aromatic hydroxyl groups is 1. The molecule has 236 valence electrons. The molecule has 0 bridgehead atoms. The third kappa shape index (κ3) is 7.30. The fourth-order valence-electron chi connectivity index (χ4n) is 9.08. The van der Waals surface area contributed by atoms with E-state index >= 15 is 4.39 Å². The number of phenols is 1. The molecule has 2 aromatic carbocycles. The van der Waals surface area contributed by atoms with Gasteiger partial charge in [-0.15, -0.1) is 0 Å². The van der Waals surface area contributed by atoms with E-state index < -0.39 is 12.3 Å². The third-order valence-corrected chi connectivity index (χ3v) is 11.4. The van der Waals surface area contributed by atoms with Crippen LogP contribution in [0, 0.1) is 23.2 Å². The Labute approximate surface area is 259 Å². The van der Waals surface area contributed by atoms with E-state index in [-0.39, 0.29) is 28.9 Å². The average molecular weight is 592 g/mol. The Bertz CT molecular complexity index is 1190. The summed E-state index contributed by atoms with van der Waals surface area (Å²) in [6, 6.07) is 15.9. The minimum absolute atomic E-state index is 0.154. The fourth-order valence-corrected chi connectivity index (χ4v) is 9.08. The molecule has 43 heavy (non-hydrogen) atoms. The van der Waals surface area contributed by atoms with Crippen LogP contribution in [0.15, 0.2) is 48.5 Å². The molecule has 5 rings (SSSR count).